The SMILES string of the molecule is CC=CCC(N)c1ccccc1-c1noc2ccccc12. The van der Waals surface area contributed by atoms with Crippen LogP contribution in [0.1, 0.15) is 24.9 Å². The van der Waals surface area contributed by atoms with Crippen LogP contribution in [0.5, 0.6) is 0 Å². The molecule has 106 valence electrons. The van der Waals surface area contributed by atoms with Crippen molar-refractivity contribution < 1.29 is 4.52 Å². The second-order valence-electron chi connectivity index (χ2n) is 5.03. The molecule has 0 saturated carbocycles. The summed E-state index contributed by atoms with van der Waals surface area (Å²) < 4.78 is 5.41. The quantitative estimate of drug-likeness (QED) is 0.717. The Labute approximate surface area is 124 Å². The van der Waals surface area contributed by atoms with Crippen molar-refractivity contribution in [1.29, 1.82) is 0 Å². The number of aromatic nitrogens is 1. The summed E-state index contributed by atoms with van der Waals surface area (Å²) in [5, 5.41) is 5.26. The Bertz CT molecular complexity index is 773. The van der Waals surface area contributed by atoms with E-state index in [1.807, 2.05) is 49.4 Å². The van der Waals surface area contributed by atoms with Crippen molar-refractivity contribution in [2.75, 3.05) is 0 Å². The first-order valence-electron chi connectivity index (χ1n) is 7.11. The summed E-state index contributed by atoms with van der Waals surface area (Å²) in [6.45, 7) is 2.00. The van der Waals surface area contributed by atoms with Crippen LogP contribution in [-0.4, -0.2) is 5.16 Å². The van der Waals surface area contributed by atoms with Crippen molar-refractivity contribution in [3.05, 3.63) is 66.2 Å². The molecule has 1 unspecified atom stereocenters. The van der Waals surface area contributed by atoms with E-state index < -0.39 is 0 Å². The molecule has 0 saturated heterocycles. The van der Waals surface area contributed by atoms with E-state index in [1.165, 1.54) is 0 Å². The van der Waals surface area contributed by atoms with Crippen molar-refractivity contribution in [3.63, 3.8) is 0 Å². The highest BCUT2D eigenvalue weighted by Gasteiger charge is 2.16. The van der Waals surface area contributed by atoms with Gasteiger partial charge in [0.2, 0.25) is 0 Å². The molecular formula is C18H18N2O. The monoisotopic (exact) mass is 278 g/mol. The van der Waals surface area contributed by atoms with Gasteiger partial charge in [-0.15, -0.1) is 0 Å². The predicted molar refractivity (Wildman–Crippen MR) is 85.8 cm³/mol. The molecule has 3 rings (SSSR count). The van der Waals surface area contributed by atoms with Crippen LogP contribution >= 0.6 is 0 Å². The summed E-state index contributed by atoms with van der Waals surface area (Å²) in [6.07, 6.45) is 4.92. The molecule has 0 aliphatic rings. The Morgan fingerprint density at radius 2 is 1.90 bits per heavy atom. The van der Waals surface area contributed by atoms with E-state index in [-0.39, 0.29) is 6.04 Å². The number of allylic oxidation sites excluding steroid dienone is 1. The molecule has 0 radical (unpaired) electrons. The lowest BCUT2D eigenvalue weighted by atomic mass is 9.95. The van der Waals surface area contributed by atoms with E-state index >= 15 is 0 Å². The molecule has 21 heavy (non-hydrogen) atoms. The summed E-state index contributed by atoms with van der Waals surface area (Å²) in [4.78, 5) is 0. The highest BCUT2D eigenvalue weighted by atomic mass is 16.5. The fourth-order valence-electron chi connectivity index (χ4n) is 2.53. The van der Waals surface area contributed by atoms with Gasteiger partial charge in [0.05, 0.1) is 0 Å². The number of nitrogens with two attached hydrogens (primary N) is 1. The fraction of sp³-hybridized carbons (Fsp3) is 0.167. The van der Waals surface area contributed by atoms with Gasteiger partial charge >= 0.3 is 0 Å². The molecule has 0 bridgehead atoms. The lowest BCUT2D eigenvalue weighted by Gasteiger charge is -2.13. The molecule has 0 aliphatic carbocycles. The maximum absolute atomic E-state index is 6.32. The third kappa shape index (κ3) is 2.60. The topological polar surface area (TPSA) is 52.0 Å². The van der Waals surface area contributed by atoms with Gasteiger partial charge in [-0.3, -0.25) is 0 Å². The smallest absolute Gasteiger partial charge is 0.167 e. The van der Waals surface area contributed by atoms with Crippen LogP contribution in [0.2, 0.25) is 0 Å². The molecule has 3 heteroatoms. The fourth-order valence-corrected chi connectivity index (χ4v) is 2.53. The molecule has 2 aromatic carbocycles. The van der Waals surface area contributed by atoms with Gasteiger partial charge in [0, 0.05) is 17.0 Å². The Morgan fingerprint density at radius 3 is 2.76 bits per heavy atom. The molecule has 2 N–H and O–H groups in total. The summed E-state index contributed by atoms with van der Waals surface area (Å²) >= 11 is 0. The largest absolute Gasteiger partial charge is 0.356 e. The van der Waals surface area contributed by atoms with Gasteiger partial charge < -0.3 is 10.3 Å². The second kappa shape index (κ2) is 5.94. The highest BCUT2D eigenvalue weighted by Crippen LogP contribution is 2.33. The van der Waals surface area contributed by atoms with Gasteiger partial charge in [0.1, 0.15) is 5.69 Å². The maximum atomic E-state index is 6.32. The number of hydrogen-bond acceptors (Lipinski definition) is 3. The van der Waals surface area contributed by atoms with Gasteiger partial charge in [-0.05, 0) is 31.0 Å². The van der Waals surface area contributed by atoms with Crippen LogP contribution in [0, 0.1) is 0 Å². The summed E-state index contributed by atoms with van der Waals surface area (Å²) in [6, 6.07) is 16.0. The van der Waals surface area contributed by atoms with Gasteiger partial charge in [0.25, 0.3) is 0 Å². The van der Waals surface area contributed by atoms with Crippen LogP contribution in [0.15, 0.2) is 65.2 Å². The average molecular weight is 278 g/mol. The van der Waals surface area contributed by atoms with Crippen LogP contribution in [0.25, 0.3) is 22.2 Å². The number of rotatable bonds is 4. The Hall–Kier alpha value is -2.39. The zero-order valence-electron chi connectivity index (χ0n) is 12.0. The van der Waals surface area contributed by atoms with E-state index in [0.717, 1.165) is 34.2 Å². The van der Waals surface area contributed by atoms with Crippen molar-refractivity contribution in [3.8, 4) is 11.3 Å². The average Bonchev–Trinajstić information content (AvgIpc) is 2.96. The first-order chi connectivity index (χ1) is 10.3. The van der Waals surface area contributed by atoms with E-state index in [2.05, 4.69) is 23.4 Å². The molecule has 1 atom stereocenters. The zero-order valence-corrected chi connectivity index (χ0v) is 12.0. The van der Waals surface area contributed by atoms with Gasteiger partial charge in [-0.1, -0.05) is 53.7 Å². The minimum Gasteiger partial charge on any atom is -0.356 e. The summed E-state index contributed by atoms with van der Waals surface area (Å²) in [5.74, 6) is 0. The molecule has 0 aliphatic heterocycles. The number of fused-ring (bicyclic) bond motifs is 1. The lowest BCUT2D eigenvalue weighted by molar-refractivity contribution is 0.459. The van der Waals surface area contributed by atoms with Crippen LogP contribution < -0.4 is 5.73 Å². The van der Waals surface area contributed by atoms with Gasteiger partial charge in [0.15, 0.2) is 5.58 Å². The zero-order chi connectivity index (χ0) is 14.7. The minimum absolute atomic E-state index is 0.0483. The third-order valence-corrected chi connectivity index (χ3v) is 3.62. The molecule has 1 heterocycles. The molecule has 3 nitrogen and oxygen atoms in total. The number of para-hydroxylation sites is 1. The lowest BCUT2D eigenvalue weighted by Crippen LogP contribution is -2.10. The third-order valence-electron chi connectivity index (χ3n) is 3.62. The number of benzene rings is 2. The second-order valence-corrected chi connectivity index (χ2v) is 5.03. The number of nitrogens with zero attached hydrogens (tertiary/aromatic N) is 1. The Morgan fingerprint density at radius 1 is 1.14 bits per heavy atom. The molecule has 3 aromatic rings. The molecular weight excluding hydrogens is 260 g/mol. The Kier molecular flexibility index (Phi) is 3.84. The van der Waals surface area contributed by atoms with Crippen molar-refractivity contribution in [2.24, 2.45) is 5.73 Å². The van der Waals surface area contributed by atoms with Crippen molar-refractivity contribution >= 4 is 11.0 Å². The van der Waals surface area contributed by atoms with Crippen molar-refractivity contribution in [1.82, 2.24) is 5.16 Å². The summed E-state index contributed by atoms with van der Waals surface area (Å²) in [5.41, 5.74) is 10.1. The molecule has 1 aromatic heterocycles. The molecule has 0 fully saturated rings. The first kappa shape index (κ1) is 13.6. The van der Waals surface area contributed by atoms with Crippen LogP contribution in [0.3, 0.4) is 0 Å². The first-order valence-corrected chi connectivity index (χ1v) is 7.11. The van der Waals surface area contributed by atoms with E-state index in [1.54, 1.807) is 0 Å². The maximum Gasteiger partial charge on any atom is 0.167 e. The van der Waals surface area contributed by atoms with Gasteiger partial charge in [-0.25, -0.2) is 0 Å². The van der Waals surface area contributed by atoms with E-state index in [9.17, 15) is 0 Å². The van der Waals surface area contributed by atoms with Gasteiger partial charge in [-0.2, -0.15) is 0 Å². The Balaban J connectivity index is 2.10. The predicted octanol–water partition coefficient (Wildman–Crippen LogP) is 4.46. The van der Waals surface area contributed by atoms with Crippen LogP contribution in [-0.2, 0) is 0 Å². The standard InChI is InChI=1S/C18H18N2O/c1-2-3-11-16(19)13-8-4-5-9-14(13)18-15-10-6-7-12-17(15)21-20-18/h2-10,12,16H,11,19H2,1H3. The van der Waals surface area contributed by atoms with Crippen LogP contribution in [0.4, 0.5) is 0 Å². The molecule has 0 spiro atoms. The van der Waals surface area contributed by atoms with Crippen molar-refractivity contribution in [2.45, 2.75) is 19.4 Å². The number of hydrogen-bond donors (Lipinski definition) is 1. The minimum atomic E-state index is -0.0483. The highest BCUT2D eigenvalue weighted by molar-refractivity contribution is 5.92. The molecule has 0 amide bonds. The van der Waals surface area contributed by atoms with E-state index in [4.69, 9.17) is 10.3 Å². The van der Waals surface area contributed by atoms with E-state index in [0.29, 0.717) is 0 Å². The summed E-state index contributed by atoms with van der Waals surface area (Å²) in [7, 11) is 0. The normalized spacial score (nSPS) is 13.0.